The number of carbonyl (C=O) groups excluding carboxylic acids is 1. The molecule has 2 aliphatic rings. The Balaban J connectivity index is 2.09. The van der Waals surface area contributed by atoms with Crippen LogP contribution in [-0.4, -0.2) is 35.1 Å². The average molecular weight is 268 g/mol. The van der Waals surface area contributed by atoms with Gasteiger partial charge in [0, 0.05) is 0 Å². The van der Waals surface area contributed by atoms with Gasteiger partial charge in [0.25, 0.3) is 0 Å². The summed E-state index contributed by atoms with van der Waals surface area (Å²) in [5.74, 6) is -1.04. The Morgan fingerprint density at radius 3 is 2.47 bits per heavy atom. The van der Waals surface area contributed by atoms with Gasteiger partial charge in [-0.15, -0.1) is 0 Å². The van der Waals surface area contributed by atoms with Gasteiger partial charge in [0.15, 0.2) is 0 Å². The van der Waals surface area contributed by atoms with E-state index in [1.54, 1.807) is 6.92 Å². The van der Waals surface area contributed by atoms with Crippen molar-refractivity contribution < 1.29 is 14.7 Å². The summed E-state index contributed by atoms with van der Waals surface area (Å²) in [7, 11) is 0. The second-order valence-electron chi connectivity index (χ2n) is 6.75. The van der Waals surface area contributed by atoms with Crippen molar-refractivity contribution in [3.63, 3.8) is 0 Å². The lowest BCUT2D eigenvalue weighted by Crippen LogP contribution is -2.62. The van der Waals surface area contributed by atoms with Gasteiger partial charge in [0.05, 0.1) is 6.04 Å². The van der Waals surface area contributed by atoms with Crippen LogP contribution in [0, 0.1) is 11.3 Å². The fourth-order valence-electron chi connectivity index (χ4n) is 2.98. The van der Waals surface area contributed by atoms with Crippen LogP contribution >= 0.6 is 0 Å². The van der Waals surface area contributed by atoms with E-state index in [2.05, 4.69) is 24.5 Å². The maximum Gasteiger partial charge on any atom is 0.329 e. The molecule has 0 spiro atoms. The van der Waals surface area contributed by atoms with Gasteiger partial charge in [-0.2, -0.15) is 0 Å². The molecule has 2 fully saturated rings. The minimum Gasteiger partial charge on any atom is -0.480 e. The summed E-state index contributed by atoms with van der Waals surface area (Å²) in [6.07, 6.45) is 3.79. The minimum absolute atomic E-state index is 0.0700. The maximum absolute atomic E-state index is 12.4. The number of carbonyl (C=O) groups is 2. The molecule has 0 aromatic carbocycles. The van der Waals surface area contributed by atoms with E-state index in [1.807, 2.05) is 0 Å². The molecule has 0 aromatic heterocycles. The lowest BCUT2D eigenvalue weighted by atomic mass is 9.77. The first-order chi connectivity index (χ1) is 8.77. The molecule has 0 radical (unpaired) electrons. The largest absolute Gasteiger partial charge is 0.480 e. The van der Waals surface area contributed by atoms with Crippen molar-refractivity contribution >= 4 is 11.9 Å². The zero-order valence-corrected chi connectivity index (χ0v) is 12.0. The molecule has 2 rings (SSSR count). The number of carboxylic acids is 1. The van der Waals surface area contributed by atoms with Gasteiger partial charge in [0.2, 0.25) is 5.91 Å². The fourth-order valence-corrected chi connectivity index (χ4v) is 2.98. The Hall–Kier alpha value is -1.10. The number of piperidine rings is 1. The highest BCUT2D eigenvalue weighted by Crippen LogP contribution is 2.40. The smallest absolute Gasteiger partial charge is 0.329 e. The number of carboxylic acid groups (broad SMARTS) is 1. The number of amides is 1. The van der Waals surface area contributed by atoms with E-state index in [0.29, 0.717) is 0 Å². The van der Waals surface area contributed by atoms with Crippen LogP contribution in [0.25, 0.3) is 0 Å². The van der Waals surface area contributed by atoms with E-state index < -0.39 is 11.5 Å². The third-order valence-corrected chi connectivity index (χ3v) is 4.61. The van der Waals surface area contributed by atoms with Crippen LogP contribution in [0.2, 0.25) is 0 Å². The van der Waals surface area contributed by atoms with Crippen LogP contribution in [-0.2, 0) is 9.59 Å². The highest BCUT2D eigenvalue weighted by atomic mass is 16.4. The number of rotatable bonds is 4. The third-order valence-electron chi connectivity index (χ3n) is 4.61. The number of hydrogen-bond donors (Lipinski definition) is 3. The molecule has 108 valence electrons. The van der Waals surface area contributed by atoms with E-state index >= 15 is 0 Å². The normalized spacial score (nSPS) is 29.3. The summed E-state index contributed by atoms with van der Waals surface area (Å²) in [6, 6.07) is -0.307. The summed E-state index contributed by atoms with van der Waals surface area (Å²) in [5.41, 5.74) is -1.25. The molecule has 0 bridgehead atoms. The van der Waals surface area contributed by atoms with E-state index in [9.17, 15) is 14.7 Å². The van der Waals surface area contributed by atoms with Crippen LogP contribution in [0.15, 0.2) is 0 Å². The van der Waals surface area contributed by atoms with Crippen molar-refractivity contribution in [2.24, 2.45) is 11.3 Å². The summed E-state index contributed by atoms with van der Waals surface area (Å²) in [6.45, 7) is 6.55. The zero-order chi connectivity index (χ0) is 14.3. The molecular formula is C14H24N2O3. The molecule has 19 heavy (non-hydrogen) atoms. The Morgan fingerprint density at radius 1 is 1.37 bits per heavy atom. The SMILES string of the molecule is CC1(C)CCCNC1C(=O)NC(C)(C(=O)O)C1CC1. The van der Waals surface area contributed by atoms with Gasteiger partial charge in [0.1, 0.15) is 5.54 Å². The van der Waals surface area contributed by atoms with Gasteiger partial charge in [-0.05, 0) is 50.5 Å². The molecule has 2 unspecified atom stereocenters. The average Bonchev–Trinajstić information content (AvgIpc) is 3.11. The summed E-state index contributed by atoms with van der Waals surface area (Å²) in [5, 5.41) is 15.4. The van der Waals surface area contributed by atoms with E-state index in [-0.39, 0.29) is 23.3 Å². The third kappa shape index (κ3) is 2.76. The Labute approximate surface area is 114 Å². The predicted octanol–water partition coefficient (Wildman–Crippen LogP) is 1.13. The van der Waals surface area contributed by atoms with Gasteiger partial charge in [-0.25, -0.2) is 4.79 Å². The topological polar surface area (TPSA) is 78.4 Å². The monoisotopic (exact) mass is 268 g/mol. The molecule has 1 aliphatic heterocycles. The first-order valence-electron chi connectivity index (χ1n) is 7.06. The van der Waals surface area contributed by atoms with Crippen LogP contribution in [0.4, 0.5) is 0 Å². The minimum atomic E-state index is -1.12. The molecule has 1 saturated heterocycles. The molecule has 5 nitrogen and oxygen atoms in total. The van der Waals surface area contributed by atoms with E-state index in [1.165, 1.54) is 0 Å². The maximum atomic E-state index is 12.4. The van der Waals surface area contributed by atoms with Gasteiger partial charge < -0.3 is 15.7 Å². The first kappa shape index (κ1) is 14.3. The molecule has 2 atom stereocenters. The molecule has 3 N–H and O–H groups in total. The Kier molecular flexibility index (Phi) is 3.60. The second-order valence-corrected chi connectivity index (χ2v) is 6.75. The number of hydrogen-bond acceptors (Lipinski definition) is 3. The van der Waals surface area contributed by atoms with Crippen molar-refractivity contribution in [1.82, 2.24) is 10.6 Å². The van der Waals surface area contributed by atoms with Crippen molar-refractivity contribution in [3.8, 4) is 0 Å². The van der Waals surface area contributed by atoms with E-state index in [0.717, 1.165) is 32.2 Å². The lowest BCUT2D eigenvalue weighted by molar-refractivity contribution is -0.149. The van der Waals surface area contributed by atoms with Crippen molar-refractivity contribution in [1.29, 1.82) is 0 Å². The van der Waals surface area contributed by atoms with Gasteiger partial charge >= 0.3 is 5.97 Å². The molecular weight excluding hydrogens is 244 g/mol. The van der Waals surface area contributed by atoms with Crippen LogP contribution in [0.5, 0.6) is 0 Å². The number of aliphatic carboxylic acids is 1. The molecule has 0 aromatic rings. The fraction of sp³-hybridized carbons (Fsp3) is 0.857. The predicted molar refractivity (Wildman–Crippen MR) is 71.7 cm³/mol. The molecule has 1 amide bonds. The lowest BCUT2D eigenvalue weighted by Gasteiger charge is -2.40. The molecule has 1 heterocycles. The summed E-state index contributed by atoms with van der Waals surface area (Å²) < 4.78 is 0. The Bertz CT molecular complexity index is 390. The quantitative estimate of drug-likeness (QED) is 0.714. The standard InChI is InChI=1S/C14H24N2O3/c1-13(2)7-4-8-15-10(13)11(17)16-14(3,12(18)19)9-5-6-9/h9-10,15H,4-8H2,1-3H3,(H,16,17)(H,18,19). The second kappa shape index (κ2) is 4.78. The summed E-state index contributed by atoms with van der Waals surface area (Å²) in [4.78, 5) is 23.9. The number of nitrogens with one attached hydrogen (secondary N) is 2. The van der Waals surface area contributed by atoms with E-state index in [4.69, 9.17) is 0 Å². The van der Waals surface area contributed by atoms with Crippen molar-refractivity contribution in [2.45, 2.75) is 58.0 Å². The van der Waals surface area contributed by atoms with Crippen LogP contribution < -0.4 is 10.6 Å². The molecule has 1 saturated carbocycles. The Morgan fingerprint density at radius 2 is 2.00 bits per heavy atom. The highest BCUT2D eigenvalue weighted by Gasteiger charge is 2.50. The zero-order valence-electron chi connectivity index (χ0n) is 12.0. The van der Waals surface area contributed by atoms with Crippen molar-refractivity contribution in [2.75, 3.05) is 6.54 Å². The van der Waals surface area contributed by atoms with Crippen molar-refractivity contribution in [3.05, 3.63) is 0 Å². The molecule has 5 heteroatoms. The van der Waals surface area contributed by atoms with Crippen LogP contribution in [0.1, 0.15) is 46.5 Å². The summed E-state index contributed by atoms with van der Waals surface area (Å²) >= 11 is 0. The molecule has 1 aliphatic carbocycles. The first-order valence-corrected chi connectivity index (χ1v) is 7.06. The highest BCUT2D eigenvalue weighted by molar-refractivity contribution is 5.90. The van der Waals surface area contributed by atoms with Crippen LogP contribution in [0.3, 0.4) is 0 Å². The van der Waals surface area contributed by atoms with Gasteiger partial charge in [-0.3, -0.25) is 4.79 Å². The van der Waals surface area contributed by atoms with Gasteiger partial charge in [-0.1, -0.05) is 13.8 Å².